The Kier molecular flexibility index (Phi) is 5.96. The van der Waals surface area contributed by atoms with Gasteiger partial charge < -0.3 is 10.2 Å². The maximum atomic E-state index is 4.65. The molecule has 3 rings (SSSR count). The van der Waals surface area contributed by atoms with Crippen molar-refractivity contribution in [3.63, 3.8) is 0 Å². The molecule has 0 aliphatic heterocycles. The van der Waals surface area contributed by atoms with E-state index in [1.807, 2.05) is 23.8 Å². The summed E-state index contributed by atoms with van der Waals surface area (Å²) in [6.45, 7) is 6.92. The van der Waals surface area contributed by atoms with Crippen LogP contribution in [-0.2, 0) is 6.54 Å². The van der Waals surface area contributed by atoms with Crippen molar-refractivity contribution < 1.29 is 0 Å². The second-order valence-electron chi connectivity index (χ2n) is 6.58. The number of anilines is 1. The normalized spacial score (nSPS) is 10.9. The number of nitrogens with one attached hydrogen (secondary N) is 1. The zero-order chi connectivity index (χ0) is 18.4. The number of aryl methyl sites for hydroxylation is 2. The molecule has 0 aliphatic carbocycles. The van der Waals surface area contributed by atoms with Crippen LogP contribution in [0.4, 0.5) is 5.82 Å². The van der Waals surface area contributed by atoms with E-state index in [-0.39, 0.29) is 0 Å². The van der Waals surface area contributed by atoms with Crippen molar-refractivity contribution in [1.82, 2.24) is 24.8 Å². The first-order chi connectivity index (χ1) is 12.6. The molecule has 0 amide bonds. The van der Waals surface area contributed by atoms with Crippen LogP contribution in [0.3, 0.4) is 0 Å². The van der Waals surface area contributed by atoms with Crippen LogP contribution in [0.1, 0.15) is 23.2 Å². The number of hydrogen-bond donors (Lipinski definition) is 1. The number of rotatable bonds is 8. The molecule has 0 fully saturated rings. The fourth-order valence-corrected chi connectivity index (χ4v) is 2.84. The molecule has 0 bridgehead atoms. The van der Waals surface area contributed by atoms with Crippen molar-refractivity contribution in [2.45, 2.75) is 26.8 Å². The average molecular weight is 350 g/mol. The van der Waals surface area contributed by atoms with Gasteiger partial charge in [0, 0.05) is 44.3 Å². The predicted molar refractivity (Wildman–Crippen MR) is 105 cm³/mol. The molecule has 0 aliphatic rings. The maximum absolute atomic E-state index is 4.65. The summed E-state index contributed by atoms with van der Waals surface area (Å²) >= 11 is 0. The summed E-state index contributed by atoms with van der Waals surface area (Å²) in [6.07, 6.45) is 6.35. The molecule has 0 unspecified atom stereocenters. The number of hydrogen-bond acceptors (Lipinski definition) is 5. The van der Waals surface area contributed by atoms with Crippen molar-refractivity contribution in [1.29, 1.82) is 0 Å². The molecular formula is C20H26N6. The van der Waals surface area contributed by atoms with Crippen LogP contribution in [0.15, 0.2) is 49.1 Å². The summed E-state index contributed by atoms with van der Waals surface area (Å²) in [4.78, 5) is 15.4. The van der Waals surface area contributed by atoms with Crippen LogP contribution in [0, 0.1) is 13.8 Å². The van der Waals surface area contributed by atoms with E-state index < -0.39 is 0 Å². The molecule has 0 atom stereocenters. The van der Waals surface area contributed by atoms with E-state index in [0.29, 0.717) is 5.95 Å². The fourth-order valence-electron chi connectivity index (χ4n) is 2.84. The first kappa shape index (κ1) is 18.1. The molecule has 0 spiro atoms. The standard InChI is InChI=1S/C20H26N6/c1-16-6-4-7-18(12-16)14-21-8-5-10-25(3)19-13-17(2)23-20(24-19)26-11-9-22-15-26/h4,6-7,9,11-13,15,21H,5,8,10,14H2,1-3H3. The molecule has 2 aromatic heterocycles. The van der Waals surface area contributed by atoms with Gasteiger partial charge in [0.25, 0.3) is 0 Å². The molecule has 3 aromatic rings. The Labute approximate surface area is 154 Å². The van der Waals surface area contributed by atoms with Gasteiger partial charge in [0.15, 0.2) is 0 Å². The van der Waals surface area contributed by atoms with E-state index in [4.69, 9.17) is 0 Å². The van der Waals surface area contributed by atoms with Crippen LogP contribution in [0.2, 0.25) is 0 Å². The lowest BCUT2D eigenvalue weighted by atomic mass is 10.1. The summed E-state index contributed by atoms with van der Waals surface area (Å²) in [5.41, 5.74) is 3.58. The topological polar surface area (TPSA) is 58.9 Å². The first-order valence-electron chi connectivity index (χ1n) is 8.93. The van der Waals surface area contributed by atoms with Gasteiger partial charge in [0.2, 0.25) is 5.95 Å². The van der Waals surface area contributed by atoms with E-state index in [1.165, 1.54) is 11.1 Å². The number of imidazole rings is 1. The van der Waals surface area contributed by atoms with Gasteiger partial charge in [-0.2, -0.15) is 4.98 Å². The molecule has 1 aromatic carbocycles. The predicted octanol–water partition coefficient (Wildman–Crippen LogP) is 2.90. The minimum atomic E-state index is 0.655. The Balaban J connectivity index is 1.50. The smallest absolute Gasteiger partial charge is 0.237 e. The third-order valence-electron chi connectivity index (χ3n) is 4.21. The lowest BCUT2D eigenvalue weighted by Crippen LogP contribution is -2.25. The molecule has 0 radical (unpaired) electrons. The Hall–Kier alpha value is -2.73. The molecule has 136 valence electrons. The molecule has 2 heterocycles. The van der Waals surface area contributed by atoms with Gasteiger partial charge in [-0.25, -0.2) is 9.97 Å². The maximum Gasteiger partial charge on any atom is 0.237 e. The number of nitrogens with zero attached hydrogens (tertiary/aromatic N) is 5. The summed E-state index contributed by atoms with van der Waals surface area (Å²) in [5.74, 6) is 1.59. The van der Waals surface area contributed by atoms with E-state index >= 15 is 0 Å². The molecule has 26 heavy (non-hydrogen) atoms. The van der Waals surface area contributed by atoms with Crippen molar-refractivity contribution in [3.05, 3.63) is 65.9 Å². The minimum absolute atomic E-state index is 0.655. The largest absolute Gasteiger partial charge is 0.359 e. The zero-order valence-electron chi connectivity index (χ0n) is 15.7. The zero-order valence-corrected chi connectivity index (χ0v) is 15.7. The van der Waals surface area contributed by atoms with Gasteiger partial charge in [0.1, 0.15) is 12.1 Å². The van der Waals surface area contributed by atoms with Crippen molar-refractivity contribution in [3.8, 4) is 5.95 Å². The average Bonchev–Trinajstić information content (AvgIpc) is 3.15. The molecule has 1 N–H and O–H groups in total. The number of benzene rings is 1. The first-order valence-corrected chi connectivity index (χ1v) is 8.93. The van der Waals surface area contributed by atoms with Crippen LogP contribution in [-0.4, -0.2) is 39.7 Å². The van der Waals surface area contributed by atoms with E-state index in [9.17, 15) is 0 Å². The van der Waals surface area contributed by atoms with Crippen LogP contribution in [0.25, 0.3) is 5.95 Å². The number of aromatic nitrogens is 4. The highest BCUT2D eigenvalue weighted by molar-refractivity contribution is 5.41. The fraction of sp³-hybridized carbons (Fsp3) is 0.350. The van der Waals surface area contributed by atoms with Crippen molar-refractivity contribution in [2.75, 3.05) is 25.0 Å². The van der Waals surface area contributed by atoms with Crippen molar-refractivity contribution in [2.24, 2.45) is 0 Å². The van der Waals surface area contributed by atoms with Gasteiger partial charge in [-0.05, 0) is 32.4 Å². The third kappa shape index (κ3) is 4.89. The molecular weight excluding hydrogens is 324 g/mol. The van der Waals surface area contributed by atoms with Crippen LogP contribution >= 0.6 is 0 Å². The van der Waals surface area contributed by atoms with Crippen molar-refractivity contribution >= 4 is 5.82 Å². The van der Waals surface area contributed by atoms with E-state index in [2.05, 4.69) is 63.4 Å². The lowest BCUT2D eigenvalue weighted by Gasteiger charge is -2.19. The minimum Gasteiger partial charge on any atom is -0.359 e. The lowest BCUT2D eigenvalue weighted by molar-refractivity contribution is 0.643. The highest BCUT2D eigenvalue weighted by atomic mass is 15.2. The van der Waals surface area contributed by atoms with Crippen LogP contribution < -0.4 is 10.2 Å². The highest BCUT2D eigenvalue weighted by Crippen LogP contribution is 2.13. The molecule has 0 saturated heterocycles. The quantitative estimate of drug-likeness (QED) is 0.633. The Morgan fingerprint density at radius 1 is 1.15 bits per heavy atom. The second-order valence-corrected chi connectivity index (χ2v) is 6.58. The monoisotopic (exact) mass is 350 g/mol. The third-order valence-corrected chi connectivity index (χ3v) is 4.21. The molecule has 6 nitrogen and oxygen atoms in total. The van der Waals surface area contributed by atoms with Gasteiger partial charge in [0.05, 0.1) is 0 Å². The van der Waals surface area contributed by atoms with Gasteiger partial charge in [-0.1, -0.05) is 29.8 Å². The van der Waals surface area contributed by atoms with Crippen LogP contribution in [0.5, 0.6) is 0 Å². The van der Waals surface area contributed by atoms with Gasteiger partial charge in [-0.3, -0.25) is 4.57 Å². The SMILES string of the molecule is Cc1cccc(CNCCCN(C)c2cc(C)nc(-n3ccnc3)n2)c1. The Morgan fingerprint density at radius 3 is 2.81 bits per heavy atom. The van der Waals surface area contributed by atoms with Gasteiger partial charge >= 0.3 is 0 Å². The van der Waals surface area contributed by atoms with Gasteiger partial charge in [-0.15, -0.1) is 0 Å². The summed E-state index contributed by atoms with van der Waals surface area (Å²) in [6, 6.07) is 10.6. The summed E-state index contributed by atoms with van der Waals surface area (Å²) < 4.78 is 1.83. The molecule has 6 heteroatoms. The van der Waals surface area contributed by atoms with E-state index in [0.717, 1.165) is 37.6 Å². The summed E-state index contributed by atoms with van der Waals surface area (Å²) in [5, 5.41) is 3.51. The Morgan fingerprint density at radius 2 is 2.04 bits per heavy atom. The second kappa shape index (κ2) is 8.58. The highest BCUT2D eigenvalue weighted by Gasteiger charge is 2.08. The molecule has 0 saturated carbocycles. The Bertz CT molecular complexity index is 828. The summed E-state index contributed by atoms with van der Waals surface area (Å²) in [7, 11) is 2.07. The van der Waals surface area contributed by atoms with E-state index in [1.54, 1.807) is 12.5 Å².